The number of aryl methyl sites for hydroxylation is 1. The van der Waals surface area contributed by atoms with Crippen molar-refractivity contribution >= 4 is 11.9 Å². The van der Waals surface area contributed by atoms with Crippen LogP contribution < -0.4 is 5.32 Å². The van der Waals surface area contributed by atoms with E-state index in [-0.39, 0.29) is 11.9 Å². The Bertz CT molecular complexity index is 823. The number of hydrogen-bond acceptors (Lipinski definition) is 6. The molecule has 2 aliphatic rings. The van der Waals surface area contributed by atoms with Crippen LogP contribution >= 0.6 is 0 Å². The Morgan fingerprint density at radius 1 is 1.24 bits per heavy atom. The summed E-state index contributed by atoms with van der Waals surface area (Å²) in [6.07, 6.45) is 3.46. The first kappa shape index (κ1) is 15.8. The van der Waals surface area contributed by atoms with Crippen molar-refractivity contribution in [3.63, 3.8) is 0 Å². The highest BCUT2D eigenvalue weighted by atomic mass is 16.5. The third-order valence-electron chi connectivity index (χ3n) is 4.51. The Labute approximate surface area is 145 Å². The molecule has 0 saturated carbocycles. The zero-order chi connectivity index (χ0) is 17.4. The lowest BCUT2D eigenvalue weighted by molar-refractivity contribution is -0.131. The van der Waals surface area contributed by atoms with Gasteiger partial charge in [-0.3, -0.25) is 9.78 Å². The third-order valence-corrected chi connectivity index (χ3v) is 4.51. The number of ether oxygens (including phenoxy) is 1. The summed E-state index contributed by atoms with van der Waals surface area (Å²) in [5.74, 6) is 1.32. The van der Waals surface area contributed by atoms with Gasteiger partial charge in [-0.25, -0.2) is 4.68 Å². The van der Waals surface area contributed by atoms with Crippen LogP contribution in [0.25, 0.3) is 0 Å². The van der Waals surface area contributed by atoms with Crippen molar-refractivity contribution in [1.82, 2.24) is 24.6 Å². The molecule has 0 aliphatic carbocycles. The van der Waals surface area contributed by atoms with Gasteiger partial charge in [0.15, 0.2) is 0 Å². The van der Waals surface area contributed by atoms with Gasteiger partial charge >= 0.3 is 0 Å². The van der Waals surface area contributed by atoms with Crippen molar-refractivity contribution in [2.75, 3.05) is 31.6 Å². The fourth-order valence-corrected chi connectivity index (χ4v) is 3.33. The zero-order valence-electron chi connectivity index (χ0n) is 14.3. The maximum atomic E-state index is 13.3. The molecule has 1 amide bonds. The summed E-state index contributed by atoms with van der Waals surface area (Å²) < 4.78 is 7.16. The minimum Gasteiger partial charge on any atom is -0.378 e. The second-order valence-corrected chi connectivity index (χ2v) is 6.18. The molecule has 2 aliphatic heterocycles. The zero-order valence-corrected chi connectivity index (χ0v) is 14.3. The summed E-state index contributed by atoms with van der Waals surface area (Å²) in [7, 11) is 0. The normalized spacial score (nSPS) is 20.2. The Kier molecular flexibility index (Phi) is 3.96. The van der Waals surface area contributed by atoms with Crippen molar-refractivity contribution < 1.29 is 9.53 Å². The number of carbonyl (C=O) groups excluding carboxylic acids is 1. The first-order valence-corrected chi connectivity index (χ1v) is 8.33. The van der Waals surface area contributed by atoms with E-state index in [4.69, 9.17) is 4.74 Å². The number of rotatable bonds is 2. The fourth-order valence-electron chi connectivity index (χ4n) is 3.33. The molecule has 8 nitrogen and oxygen atoms in total. The molecule has 0 unspecified atom stereocenters. The van der Waals surface area contributed by atoms with Gasteiger partial charge < -0.3 is 15.0 Å². The van der Waals surface area contributed by atoms with Crippen molar-refractivity contribution in [2.24, 2.45) is 0 Å². The Balaban J connectivity index is 1.80. The second-order valence-electron chi connectivity index (χ2n) is 6.18. The predicted molar refractivity (Wildman–Crippen MR) is 90.9 cm³/mol. The molecule has 1 N–H and O–H groups in total. The molecule has 1 saturated heterocycles. The minimum absolute atomic E-state index is 0.00825. The number of anilines is 1. The predicted octanol–water partition coefficient (Wildman–Crippen LogP) is 1.13. The summed E-state index contributed by atoms with van der Waals surface area (Å²) in [6.45, 7) is 6.09. The first-order chi connectivity index (χ1) is 12.1. The molecule has 25 heavy (non-hydrogen) atoms. The highest BCUT2D eigenvalue weighted by Crippen LogP contribution is 2.35. The van der Waals surface area contributed by atoms with Crippen LogP contribution in [0.1, 0.15) is 24.4 Å². The lowest BCUT2D eigenvalue weighted by atomic mass is 9.95. The number of aromatic nitrogens is 4. The molecule has 2 aromatic heterocycles. The van der Waals surface area contributed by atoms with Crippen LogP contribution in [0.2, 0.25) is 0 Å². The summed E-state index contributed by atoms with van der Waals surface area (Å²) in [5.41, 5.74) is 2.45. The number of nitrogens with one attached hydrogen (secondary N) is 1. The third kappa shape index (κ3) is 2.78. The molecule has 8 heteroatoms. The number of amides is 1. The maximum absolute atomic E-state index is 13.3. The van der Waals surface area contributed by atoms with Gasteiger partial charge in [-0.1, -0.05) is 0 Å². The molecule has 0 aromatic carbocycles. The van der Waals surface area contributed by atoms with E-state index in [1.165, 1.54) is 0 Å². The fraction of sp³-hybridized carbons (Fsp3) is 0.412. The smallest absolute Gasteiger partial charge is 0.254 e. The van der Waals surface area contributed by atoms with Crippen LogP contribution in [0.5, 0.6) is 0 Å². The van der Waals surface area contributed by atoms with Crippen LogP contribution in [0.3, 0.4) is 0 Å². The molecule has 4 rings (SSSR count). The monoisotopic (exact) mass is 340 g/mol. The SMILES string of the molecule is CC1=C(C(=O)N2CCOCC2)[C@@H](c2ccncc2)n2nc(C)nc2N1. The number of hydrogen-bond donors (Lipinski definition) is 1. The van der Waals surface area contributed by atoms with Crippen LogP contribution in [-0.2, 0) is 9.53 Å². The van der Waals surface area contributed by atoms with Gasteiger partial charge in [-0.05, 0) is 31.5 Å². The lowest BCUT2D eigenvalue weighted by Gasteiger charge is -2.33. The van der Waals surface area contributed by atoms with Crippen LogP contribution in [0.4, 0.5) is 5.95 Å². The molecular formula is C17H20N6O2. The number of nitrogens with zero attached hydrogens (tertiary/aromatic N) is 5. The van der Waals surface area contributed by atoms with E-state index in [1.807, 2.05) is 30.9 Å². The second kappa shape index (κ2) is 6.29. The summed E-state index contributed by atoms with van der Waals surface area (Å²) in [4.78, 5) is 23.6. The van der Waals surface area contributed by atoms with Gasteiger partial charge in [0.25, 0.3) is 5.91 Å². The molecule has 0 radical (unpaired) electrons. The van der Waals surface area contributed by atoms with Gasteiger partial charge in [-0.2, -0.15) is 10.1 Å². The van der Waals surface area contributed by atoms with E-state index in [2.05, 4.69) is 20.4 Å². The Hall–Kier alpha value is -2.74. The minimum atomic E-state index is -0.323. The average molecular weight is 340 g/mol. The molecule has 1 fully saturated rings. The lowest BCUT2D eigenvalue weighted by Crippen LogP contribution is -2.44. The van der Waals surface area contributed by atoms with Gasteiger partial charge in [0.05, 0.1) is 18.8 Å². The Morgan fingerprint density at radius 3 is 2.68 bits per heavy atom. The van der Waals surface area contributed by atoms with Crippen molar-refractivity contribution in [3.8, 4) is 0 Å². The highest BCUT2D eigenvalue weighted by molar-refractivity contribution is 5.96. The molecular weight excluding hydrogens is 320 g/mol. The average Bonchev–Trinajstić information content (AvgIpc) is 3.01. The van der Waals surface area contributed by atoms with Crippen molar-refractivity contribution in [2.45, 2.75) is 19.9 Å². The molecule has 0 bridgehead atoms. The van der Waals surface area contributed by atoms with Crippen LogP contribution in [0.15, 0.2) is 35.8 Å². The van der Waals surface area contributed by atoms with Crippen LogP contribution in [-0.4, -0.2) is 56.9 Å². The van der Waals surface area contributed by atoms with E-state index in [1.54, 1.807) is 17.1 Å². The summed E-state index contributed by atoms with van der Waals surface area (Å²) >= 11 is 0. The maximum Gasteiger partial charge on any atom is 0.254 e. The van der Waals surface area contributed by atoms with Gasteiger partial charge in [-0.15, -0.1) is 0 Å². The molecule has 1 atom stereocenters. The number of pyridine rings is 1. The number of morpholine rings is 1. The van der Waals surface area contributed by atoms with E-state index in [0.29, 0.717) is 43.6 Å². The molecule has 130 valence electrons. The Morgan fingerprint density at radius 2 is 1.96 bits per heavy atom. The van der Waals surface area contributed by atoms with E-state index in [0.717, 1.165) is 11.3 Å². The van der Waals surface area contributed by atoms with Gasteiger partial charge in [0.1, 0.15) is 11.9 Å². The quantitative estimate of drug-likeness (QED) is 0.882. The molecule has 4 heterocycles. The molecule has 2 aromatic rings. The number of fused-ring (bicyclic) bond motifs is 1. The van der Waals surface area contributed by atoms with E-state index < -0.39 is 0 Å². The number of carbonyl (C=O) groups is 1. The van der Waals surface area contributed by atoms with E-state index in [9.17, 15) is 4.79 Å². The van der Waals surface area contributed by atoms with Crippen molar-refractivity contribution in [3.05, 3.63) is 47.2 Å². The standard InChI is InChI=1S/C17H20N6O2/c1-11-14(16(24)22-7-9-25-10-8-22)15(13-3-5-18-6-4-13)23-17(19-11)20-12(2)21-23/h3-6,15H,7-10H2,1-2H3,(H,19,20,21)/t15-/m1/s1. The number of allylic oxidation sites excluding steroid dienone is 1. The largest absolute Gasteiger partial charge is 0.378 e. The van der Waals surface area contributed by atoms with Gasteiger partial charge in [0.2, 0.25) is 5.95 Å². The topological polar surface area (TPSA) is 85.2 Å². The first-order valence-electron chi connectivity index (χ1n) is 8.33. The van der Waals surface area contributed by atoms with E-state index >= 15 is 0 Å². The highest BCUT2D eigenvalue weighted by Gasteiger charge is 2.36. The van der Waals surface area contributed by atoms with Gasteiger partial charge in [0, 0.05) is 31.2 Å². The van der Waals surface area contributed by atoms with Crippen LogP contribution in [0, 0.1) is 6.92 Å². The molecule has 0 spiro atoms. The summed E-state index contributed by atoms with van der Waals surface area (Å²) in [6, 6.07) is 3.50. The summed E-state index contributed by atoms with van der Waals surface area (Å²) in [5, 5.41) is 7.74. The van der Waals surface area contributed by atoms with Crippen molar-refractivity contribution in [1.29, 1.82) is 0 Å².